The molecule has 2 heteroatoms. The molecule has 0 bridgehead atoms. The molecule has 0 aromatic carbocycles. The fourth-order valence-electron chi connectivity index (χ4n) is 3.80. The van der Waals surface area contributed by atoms with Crippen LogP contribution >= 0.6 is 0 Å². The lowest BCUT2D eigenvalue weighted by molar-refractivity contribution is 0.386. The summed E-state index contributed by atoms with van der Waals surface area (Å²) < 4.78 is 0. The fraction of sp³-hybridized carbons (Fsp3) is 0.857. The van der Waals surface area contributed by atoms with E-state index in [0.717, 1.165) is 0 Å². The Morgan fingerprint density at radius 2 is 1.19 bits per heavy atom. The minimum Gasteiger partial charge on any atom is -0.427 e. The summed E-state index contributed by atoms with van der Waals surface area (Å²) in [5, 5.41) is 0. The average molecular weight is 238 g/mol. The molecule has 0 aromatic rings. The van der Waals surface area contributed by atoms with Crippen molar-refractivity contribution >= 4 is 8.32 Å². The highest BCUT2D eigenvalue weighted by Gasteiger charge is 2.44. The third-order valence-electron chi connectivity index (χ3n) is 4.85. The summed E-state index contributed by atoms with van der Waals surface area (Å²) in [5.74, 6) is 0. The van der Waals surface area contributed by atoms with Crippen LogP contribution in [-0.4, -0.2) is 13.1 Å². The smallest absolute Gasteiger partial charge is 0.218 e. The van der Waals surface area contributed by atoms with E-state index in [1.165, 1.54) is 64.2 Å². The van der Waals surface area contributed by atoms with Gasteiger partial charge in [0.2, 0.25) is 8.32 Å². The van der Waals surface area contributed by atoms with Gasteiger partial charge < -0.3 is 4.80 Å². The molecule has 0 amide bonds. The SMILES string of the molecule is C=C[Si](O)(C1CCCCC1)C1CCCCC1. The Balaban J connectivity index is 2.06. The van der Waals surface area contributed by atoms with E-state index < -0.39 is 8.32 Å². The van der Waals surface area contributed by atoms with Crippen molar-refractivity contribution in [3.8, 4) is 0 Å². The number of rotatable bonds is 3. The summed E-state index contributed by atoms with van der Waals surface area (Å²) in [5.41, 5.74) is 3.27. The van der Waals surface area contributed by atoms with Crippen LogP contribution in [-0.2, 0) is 0 Å². The maximum absolute atomic E-state index is 11.1. The molecule has 0 heterocycles. The van der Waals surface area contributed by atoms with Crippen molar-refractivity contribution in [1.29, 1.82) is 0 Å². The molecule has 16 heavy (non-hydrogen) atoms. The lowest BCUT2D eigenvalue weighted by Gasteiger charge is -2.41. The predicted octanol–water partition coefficient (Wildman–Crippen LogP) is 4.32. The topological polar surface area (TPSA) is 20.2 Å². The molecule has 0 aliphatic heterocycles. The van der Waals surface area contributed by atoms with Crippen LogP contribution in [0.15, 0.2) is 12.3 Å². The van der Waals surface area contributed by atoms with Crippen LogP contribution in [0.5, 0.6) is 0 Å². The molecule has 0 saturated heterocycles. The van der Waals surface area contributed by atoms with Gasteiger partial charge in [-0.05, 0) is 11.1 Å². The molecule has 92 valence electrons. The Bertz CT molecular complexity index is 209. The lowest BCUT2D eigenvalue weighted by atomic mass is 9.99. The minimum absolute atomic E-state index is 0.627. The van der Waals surface area contributed by atoms with E-state index >= 15 is 0 Å². The zero-order valence-electron chi connectivity index (χ0n) is 10.5. The predicted molar refractivity (Wildman–Crippen MR) is 71.8 cm³/mol. The van der Waals surface area contributed by atoms with Crippen LogP contribution in [0.4, 0.5) is 0 Å². The average Bonchev–Trinajstić information content (AvgIpc) is 2.40. The quantitative estimate of drug-likeness (QED) is 0.726. The molecule has 1 nitrogen and oxygen atoms in total. The first-order valence-corrected chi connectivity index (χ1v) is 9.31. The fourth-order valence-corrected chi connectivity index (χ4v) is 7.80. The van der Waals surface area contributed by atoms with Gasteiger partial charge in [0.05, 0.1) is 0 Å². The molecule has 0 spiro atoms. The maximum atomic E-state index is 11.1. The summed E-state index contributed by atoms with van der Waals surface area (Å²) in [4.78, 5) is 11.1. The normalized spacial score (nSPS) is 25.6. The minimum atomic E-state index is -2.16. The maximum Gasteiger partial charge on any atom is 0.218 e. The zero-order chi connectivity index (χ0) is 11.4. The van der Waals surface area contributed by atoms with Crippen LogP contribution in [0.25, 0.3) is 0 Å². The summed E-state index contributed by atoms with van der Waals surface area (Å²) >= 11 is 0. The van der Waals surface area contributed by atoms with Gasteiger partial charge in [0.15, 0.2) is 0 Å². The van der Waals surface area contributed by atoms with Crippen LogP contribution in [0.3, 0.4) is 0 Å². The van der Waals surface area contributed by atoms with E-state index in [1.807, 2.05) is 5.70 Å². The van der Waals surface area contributed by atoms with Gasteiger partial charge in [-0.2, -0.15) is 0 Å². The monoisotopic (exact) mass is 238 g/mol. The van der Waals surface area contributed by atoms with Gasteiger partial charge in [-0.1, -0.05) is 69.9 Å². The van der Waals surface area contributed by atoms with Gasteiger partial charge in [0, 0.05) is 0 Å². The second-order valence-electron chi connectivity index (χ2n) is 5.76. The van der Waals surface area contributed by atoms with Crippen molar-refractivity contribution in [2.45, 2.75) is 75.3 Å². The first-order chi connectivity index (χ1) is 7.77. The van der Waals surface area contributed by atoms with E-state index in [-0.39, 0.29) is 0 Å². The molecule has 2 aliphatic rings. The highest BCUT2D eigenvalue weighted by molar-refractivity contribution is 6.80. The third-order valence-corrected chi connectivity index (χ3v) is 9.27. The Labute approximate surface area is 101 Å². The van der Waals surface area contributed by atoms with Crippen LogP contribution < -0.4 is 0 Å². The number of hydrogen-bond acceptors (Lipinski definition) is 1. The Kier molecular flexibility index (Phi) is 4.26. The zero-order valence-corrected chi connectivity index (χ0v) is 11.5. The summed E-state index contributed by atoms with van der Waals surface area (Å²) in [6, 6.07) is 0. The Hall–Kier alpha value is -0.0831. The molecule has 0 radical (unpaired) electrons. The molecular weight excluding hydrogens is 212 g/mol. The second kappa shape index (κ2) is 5.50. The highest BCUT2D eigenvalue weighted by atomic mass is 28.4. The Morgan fingerprint density at radius 3 is 1.50 bits per heavy atom. The van der Waals surface area contributed by atoms with Crippen molar-refractivity contribution in [2.75, 3.05) is 0 Å². The summed E-state index contributed by atoms with van der Waals surface area (Å²) in [6.45, 7) is 3.99. The molecule has 1 N–H and O–H groups in total. The van der Waals surface area contributed by atoms with Gasteiger partial charge in [-0.15, -0.1) is 6.58 Å². The van der Waals surface area contributed by atoms with Crippen molar-refractivity contribution in [3.63, 3.8) is 0 Å². The first-order valence-electron chi connectivity index (χ1n) is 7.13. The highest BCUT2D eigenvalue weighted by Crippen LogP contribution is 2.46. The van der Waals surface area contributed by atoms with Crippen LogP contribution in [0.2, 0.25) is 11.1 Å². The van der Waals surface area contributed by atoms with E-state index in [1.54, 1.807) is 0 Å². The van der Waals surface area contributed by atoms with Crippen molar-refractivity contribution in [1.82, 2.24) is 0 Å². The van der Waals surface area contributed by atoms with Crippen molar-refractivity contribution in [2.24, 2.45) is 0 Å². The molecule has 2 rings (SSSR count). The van der Waals surface area contributed by atoms with E-state index in [2.05, 4.69) is 6.58 Å². The van der Waals surface area contributed by atoms with E-state index in [4.69, 9.17) is 0 Å². The Morgan fingerprint density at radius 1 is 0.812 bits per heavy atom. The molecule has 0 aromatic heterocycles. The summed E-state index contributed by atoms with van der Waals surface area (Å²) in [7, 11) is -2.16. The van der Waals surface area contributed by atoms with Crippen molar-refractivity contribution < 1.29 is 4.80 Å². The molecule has 2 aliphatic carbocycles. The largest absolute Gasteiger partial charge is 0.427 e. The van der Waals surface area contributed by atoms with Gasteiger partial charge in [-0.3, -0.25) is 0 Å². The van der Waals surface area contributed by atoms with Crippen molar-refractivity contribution in [3.05, 3.63) is 12.3 Å². The second-order valence-corrected chi connectivity index (χ2v) is 9.58. The van der Waals surface area contributed by atoms with Crippen LogP contribution in [0.1, 0.15) is 64.2 Å². The summed E-state index contributed by atoms with van der Waals surface area (Å²) in [6.07, 6.45) is 13.2. The lowest BCUT2D eigenvalue weighted by Crippen LogP contribution is -2.45. The third kappa shape index (κ3) is 2.43. The molecule has 2 saturated carbocycles. The molecule has 0 atom stereocenters. The van der Waals surface area contributed by atoms with E-state index in [0.29, 0.717) is 11.1 Å². The molecule has 2 fully saturated rings. The van der Waals surface area contributed by atoms with Gasteiger partial charge in [-0.25, -0.2) is 0 Å². The first kappa shape index (κ1) is 12.4. The van der Waals surface area contributed by atoms with Gasteiger partial charge in [0.25, 0.3) is 0 Å². The molecule has 0 unspecified atom stereocenters. The standard InChI is InChI=1S/C14H26OSi/c1-2-16(15,13-9-5-3-6-10-13)14-11-7-4-8-12-14/h2,13-15H,1,3-12H2. The van der Waals surface area contributed by atoms with Gasteiger partial charge >= 0.3 is 0 Å². The molecular formula is C14H26OSi. The van der Waals surface area contributed by atoms with Gasteiger partial charge in [0.1, 0.15) is 0 Å². The van der Waals surface area contributed by atoms with E-state index in [9.17, 15) is 4.80 Å². The number of hydrogen-bond donors (Lipinski definition) is 1. The van der Waals surface area contributed by atoms with Crippen LogP contribution in [0, 0.1) is 0 Å².